The van der Waals surface area contributed by atoms with Crippen LogP contribution in [0.4, 0.5) is 0 Å². The fraction of sp³-hybridized carbons (Fsp3) is 0.0217. The first-order valence-electron chi connectivity index (χ1n) is 17.3. The normalized spacial score (nSPS) is 15.8. The van der Waals surface area contributed by atoms with Crippen molar-refractivity contribution in [3.63, 3.8) is 0 Å². The van der Waals surface area contributed by atoms with Gasteiger partial charge in [0.25, 0.3) is 0 Å². The third-order valence-corrected chi connectivity index (χ3v) is 10.8. The fourth-order valence-electron chi connectivity index (χ4n) is 8.53. The highest BCUT2D eigenvalue weighted by Gasteiger charge is 2.32. The molecule has 0 fully saturated rings. The van der Waals surface area contributed by atoms with Crippen molar-refractivity contribution in [2.45, 2.75) is 6.04 Å². The molecule has 51 heavy (non-hydrogen) atoms. The molecule has 3 aromatic heterocycles. The van der Waals surface area contributed by atoms with Crippen LogP contribution in [0.3, 0.4) is 0 Å². The molecule has 0 saturated heterocycles. The lowest BCUT2D eigenvalue weighted by Gasteiger charge is -2.32. The first-order chi connectivity index (χ1) is 25.3. The molecule has 5 nitrogen and oxygen atoms in total. The molecule has 1 atom stereocenters. The number of benzene rings is 7. The second kappa shape index (κ2) is 9.87. The van der Waals surface area contributed by atoms with Gasteiger partial charge in [-0.05, 0) is 59.0 Å². The lowest BCUT2D eigenvalue weighted by molar-refractivity contribution is 0.666. The van der Waals surface area contributed by atoms with Gasteiger partial charge in [-0.15, -0.1) is 0 Å². The van der Waals surface area contributed by atoms with E-state index in [4.69, 9.17) is 13.8 Å². The quantitative estimate of drug-likeness (QED) is 0.192. The molecular weight excluding hydrogens is 627 g/mol. The van der Waals surface area contributed by atoms with Crippen LogP contribution >= 0.6 is 0 Å². The number of fused-ring (bicyclic) bond motifs is 14. The summed E-state index contributed by atoms with van der Waals surface area (Å²) in [5.41, 5.74) is 11.0. The van der Waals surface area contributed by atoms with Crippen LogP contribution in [0.5, 0.6) is 0 Å². The van der Waals surface area contributed by atoms with E-state index in [1.807, 2.05) is 24.3 Å². The monoisotopic (exact) mass is 653 g/mol. The predicted octanol–water partition coefficient (Wildman–Crippen LogP) is 11.7. The molecule has 4 heterocycles. The smallest absolute Gasteiger partial charge is 0.209 e. The number of aliphatic imine (C=N–C) groups is 1. The Labute approximate surface area is 291 Å². The zero-order valence-corrected chi connectivity index (χ0v) is 27.2. The molecular formula is C46H27N3O2. The summed E-state index contributed by atoms with van der Waals surface area (Å²) in [7, 11) is 0. The zero-order chi connectivity index (χ0) is 33.2. The van der Waals surface area contributed by atoms with Gasteiger partial charge in [-0.25, -0.2) is 4.99 Å². The van der Waals surface area contributed by atoms with Crippen LogP contribution in [-0.2, 0) is 0 Å². The van der Waals surface area contributed by atoms with E-state index in [2.05, 4.69) is 137 Å². The first kappa shape index (κ1) is 27.0. The molecule has 1 aliphatic heterocycles. The van der Waals surface area contributed by atoms with Crippen molar-refractivity contribution in [1.29, 1.82) is 0 Å². The minimum atomic E-state index is -0.118. The van der Waals surface area contributed by atoms with E-state index in [1.165, 1.54) is 16.5 Å². The van der Waals surface area contributed by atoms with Gasteiger partial charge in [0.1, 0.15) is 22.3 Å². The maximum absolute atomic E-state index is 6.60. The van der Waals surface area contributed by atoms with Crippen LogP contribution in [-0.4, -0.2) is 10.5 Å². The van der Waals surface area contributed by atoms with Crippen LogP contribution < -0.4 is 5.32 Å². The molecule has 0 saturated carbocycles. The molecule has 238 valence electrons. The standard InChI is InChI=1S/C46H27N3O2/c1-2-11-28-26(10-1)20-23-34-42(28)47-46(48-43(34)35-16-9-15-32-30-13-4-7-18-40(30)50-44(32)35)49-38-17-6-3-12-29(38)37-24-27-21-22-33-31-14-5-8-19-41(31)51-45(33)36(27)25-39(37)49/h1-25,42H,(H,47,48). The average Bonchev–Trinajstić information content (AvgIpc) is 3.86. The molecule has 0 radical (unpaired) electrons. The summed E-state index contributed by atoms with van der Waals surface area (Å²) in [5.74, 6) is 0.763. The molecule has 2 aliphatic rings. The van der Waals surface area contributed by atoms with E-state index in [-0.39, 0.29) is 6.04 Å². The molecule has 0 bridgehead atoms. The van der Waals surface area contributed by atoms with E-state index in [9.17, 15) is 0 Å². The number of hydrogen-bond acceptors (Lipinski definition) is 4. The van der Waals surface area contributed by atoms with Crippen LogP contribution in [0, 0.1) is 0 Å². The van der Waals surface area contributed by atoms with Gasteiger partial charge in [0.2, 0.25) is 5.96 Å². The number of rotatable bonds is 1. The van der Waals surface area contributed by atoms with Crippen molar-refractivity contribution in [3.8, 4) is 0 Å². The van der Waals surface area contributed by atoms with Crippen molar-refractivity contribution in [2.75, 3.05) is 0 Å². The van der Waals surface area contributed by atoms with Crippen LogP contribution in [0.25, 0.3) is 88.2 Å². The lowest BCUT2D eigenvalue weighted by Crippen LogP contribution is -2.38. The summed E-state index contributed by atoms with van der Waals surface area (Å²) in [4.78, 5) is 5.56. The van der Waals surface area contributed by atoms with Crippen molar-refractivity contribution in [2.24, 2.45) is 4.99 Å². The molecule has 1 N–H and O–H groups in total. The Morgan fingerprint density at radius 2 is 1.24 bits per heavy atom. The highest BCUT2D eigenvalue weighted by molar-refractivity contribution is 6.22. The Hall–Kier alpha value is -6.85. The van der Waals surface area contributed by atoms with Crippen LogP contribution in [0.1, 0.15) is 22.7 Å². The summed E-state index contributed by atoms with van der Waals surface area (Å²) in [6, 6.07) is 49.0. The number of hydrogen-bond donors (Lipinski definition) is 1. The molecule has 12 rings (SSSR count). The third kappa shape index (κ3) is 3.67. The molecule has 0 amide bonds. The zero-order valence-electron chi connectivity index (χ0n) is 27.2. The van der Waals surface area contributed by atoms with Gasteiger partial charge in [-0.2, -0.15) is 0 Å². The highest BCUT2D eigenvalue weighted by atomic mass is 16.3. The largest absolute Gasteiger partial charge is 0.455 e. The first-order valence-corrected chi connectivity index (χ1v) is 17.3. The Balaban J connectivity index is 1.18. The van der Waals surface area contributed by atoms with Gasteiger partial charge < -0.3 is 14.2 Å². The van der Waals surface area contributed by atoms with Crippen LogP contribution in [0.2, 0.25) is 0 Å². The van der Waals surface area contributed by atoms with E-state index in [1.54, 1.807) is 0 Å². The Morgan fingerprint density at radius 3 is 2.10 bits per heavy atom. The van der Waals surface area contributed by atoms with E-state index in [0.717, 1.165) is 93.9 Å². The summed E-state index contributed by atoms with van der Waals surface area (Å²) in [6.45, 7) is 0. The number of nitrogens with zero attached hydrogens (tertiary/aromatic N) is 2. The SMILES string of the molecule is C1=Cc2ccccc2C2NC(n3c4ccccc4c4cc5ccc6c7ccccc7oc6c5cc43)=NC(c3cccc4c3oc3ccccc34)=C12. The number of aromatic nitrogens is 1. The number of furan rings is 2. The molecule has 1 aliphatic carbocycles. The van der Waals surface area contributed by atoms with Gasteiger partial charge >= 0.3 is 0 Å². The Bertz CT molecular complexity index is 3240. The third-order valence-electron chi connectivity index (χ3n) is 10.8. The van der Waals surface area contributed by atoms with Gasteiger partial charge in [0, 0.05) is 48.8 Å². The summed E-state index contributed by atoms with van der Waals surface area (Å²) >= 11 is 0. The molecule has 7 aromatic carbocycles. The number of para-hydroxylation sites is 4. The van der Waals surface area contributed by atoms with Gasteiger partial charge in [-0.3, -0.25) is 4.57 Å². The average molecular weight is 654 g/mol. The van der Waals surface area contributed by atoms with E-state index >= 15 is 0 Å². The topological polar surface area (TPSA) is 55.6 Å². The predicted molar refractivity (Wildman–Crippen MR) is 209 cm³/mol. The minimum absolute atomic E-state index is 0.118. The molecule has 5 heteroatoms. The van der Waals surface area contributed by atoms with Gasteiger partial charge in [-0.1, -0.05) is 109 Å². The van der Waals surface area contributed by atoms with Crippen LogP contribution in [0.15, 0.2) is 165 Å². The molecule has 1 unspecified atom stereocenters. The second-order valence-corrected chi connectivity index (χ2v) is 13.5. The van der Waals surface area contributed by atoms with Crippen molar-refractivity contribution in [3.05, 3.63) is 168 Å². The fourth-order valence-corrected chi connectivity index (χ4v) is 8.53. The molecule has 10 aromatic rings. The maximum atomic E-state index is 6.60. The highest BCUT2D eigenvalue weighted by Crippen LogP contribution is 2.44. The second-order valence-electron chi connectivity index (χ2n) is 13.5. The van der Waals surface area contributed by atoms with Gasteiger partial charge in [0.15, 0.2) is 0 Å². The van der Waals surface area contributed by atoms with E-state index < -0.39 is 0 Å². The van der Waals surface area contributed by atoms with Crippen molar-refractivity contribution >= 4 is 94.2 Å². The van der Waals surface area contributed by atoms with E-state index in [0.29, 0.717) is 0 Å². The lowest BCUT2D eigenvalue weighted by atomic mass is 9.85. The van der Waals surface area contributed by atoms with Gasteiger partial charge in [0.05, 0.1) is 22.8 Å². The summed E-state index contributed by atoms with van der Waals surface area (Å²) < 4.78 is 15.4. The number of nitrogens with one attached hydrogen (secondary N) is 1. The summed E-state index contributed by atoms with van der Waals surface area (Å²) in [5, 5.41) is 12.9. The summed E-state index contributed by atoms with van der Waals surface area (Å²) in [6.07, 6.45) is 4.42. The molecule has 0 spiro atoms. The van der Waals surface area contributed by atoms with Crippen molar-refractivity contribution in [1.82, 2.24) is 9.88 Å². The Morgan fingerprint density at radius 1 is 0.529 bits per heavy atom. The Kier molecular flexibility index (Phi) is 5.23. The van der Waals surface area contributed by atoms with Crippen molar-refractivity contribution < 1.29 is 8.83 Å². The minimum Gasteiger partial charge on any atom is -0.455 e. The maximum Gasteiger partial charge on any atom is 0.209 e.